The predicted octanol–water partition coefficient (Wildman–Crippen LogP) is 4.51. The second kappa shape index (κ2) is 9.55. The maximum Gasteiger partial charge on any atom is 0.224 e. The summed E-state index contributed by atoms with van der Waals surface area (Å²) in [6.07, 6.45) is 0.787. The van der Waals surface area contributed by atoms with Crippen molar-refractivity contribution in [3.63, 3.8) is 0 Å². The number of ether oxygens (including phenoxy) is 2. The van der Waals surface area contributed by atoms with Crippen LogP contribution in [0.25, 0.3) is 0 Å². The zero-order valence-corrected chi connectivity index (χ0v) is 16.5. The van der Waals surface area contributed by atoms with Gasteiger partial charge in [0, 0.05) is 23.2 Å². The first kappa shape index (κ1) is 20.1. The number of benzene rings is 3. The molecule has 0 atom stereocenters. The minimum atomic E-state index is -0.140. The fourth-order valence-corrected chi connectivity index (χ4v) is 3.12. The van der Waals surface area contributed by atoms with E-state index in [1.165, 1.54) is 0 Å². The summed E-state index contributed by atoms with van der Waals surface area (Å²) in [5, 5.41) is 2.86. The van der Waals surface area contributed by atoms with E-state index in [1.807, 2.05) is 36.4 Å². The molecular weight excluding hydrogens is 366 g/mol. The molecule has 0 saturated heterocycles. The molecule has 0 aliphatic heterocycles. The van der Waals surface area contributed by atoms with Crippen LogP contribution in [0.2, 0.25) is 0 Å². The number of rotatable bonds is 8. The van der Waals surface area contributed by atoms with Crippen LogP contribution in [0.1, 0.15) is 27.9 Å². The maximum atomic E-state index is 12.6. The average molecular weight is 389 g/mol. The van der Waals surface area contributed by atoms with Crippen LogP contribution in [0.5, 0.6) is 11.5 Å². The van der Waals surface area contributed by atoms with Crippen LogP contribution in [0, 0.1) is 0 Å². The van der Waals surface area contributed by atoms with E-state index in [9.17, 15) is 9.59 Å². The fraction of sp³-hybridized carbons (Fsp3) is 0.167. The molecule has 0 radical (unpaired) electrons. The number of hydrogen-bond donors (Lipinski definition) is 1. The molecule has 1 N–H and O–H groups in total. The first-order chi connectivity index (χ1) is 14.1. The van der Waals surface area contributed by atoms with E-state index in [0.717, 1.165) is 5.56 Å². The Morgan fingerprint density at radius 1 is 0.828 bits per heavy atom. The first-order valence-corrected chi connectivity index (χ1v) is 9.32. The number of carbonyl (C=O) groups excluding carboxylic acids is 2. The smallest absolute Gasteiger partial charge is 0.224 e. The molecule has 3 rings (SSSR count). The highest BCUT2D eigenvalue weighted by Gasteiger charge is 2.13. The Hall–Kier alpha value is -3.60. The number of carbonyl (C=O) groups is 2. The van der Waals surface area contributed by atoms with Crippen molar-refractivity contribution < 1.29 is 19.1 Å². The van der Waals surface area contributed by atoms with Crippen molar-refractivity contribution in [2.45, 2.75) is 12.8 Å². The Bertz CT molecular complexity index is 999. The number of nitrogens with one attached hydrogen (secondary N) is 1. The van der Waals surface area contributed by atoms with Gasteiger partial charge in [-0.1, -0.05) is 54.6 Å². The van der Waals surface area contributed by atoms with Crippen LogP contribution < -0.4 is 14.8 Å². The zero-order valence-electron chi connectivity index (χ0n) is 16.5. The quantitative estimate of drug-likeness (QED) is 0.576. The van der Waals surface area contributed by atoms with Gasteiger partial charge in [-0.3, -0.25) is 9.59 Å². The summed E-state index contributed by atoms with van der Waals surface area (Å²) in [7, 11) is 3.16. The minimum absolute atomic E-state index is 0.0807. The topological polar surface area (TPSA) is 64.6 Å². The van der Waals surface area contributed by atoms with Crippen LogP contribution >= 0.6 is 0 Å². The van der Waals surface area contributed by atoms with Gasteiger partial charge in [0.1, 0.15) is 0 Å². The molecule has 0 saturated carbocycles. The Balaban J connectivity index is 1.65. The van der Waals surface area contributed by atoms with Crippen LogP contribution in [0.4, 0.5) is 5.69 Å². The lowest BCUT2D eigenvalue weighted by atomic mass is 10.0. The van der Waals surface area contributed by atoms with Gasteiger partial charge in [0.15, 0.2) is 17.3 Å². The summed E-state index contributed by atoms with van der Waals surface area (Å²) in [6, 6.07) is 21.6. The van der Waals surface area contributed by atoms with Crippen molar-refractivity contribution in [2.75, 3.05) is 19.5 Å². The highest BCUT2D eigenvalue weighted by molar-refractivity contribution is 6.09. The summed E-state index contributed by atoms with van der Waals surface area (Å²) in [4.78, 5) is 25.0. The van der Waals surface area contributed by atoms with Crippen LogP contribution in [-0.4, -0.2) is 25.9 Å². The monoisotopic (exact) mass is 389 g/mol. The molecule has 0 bridgehead atoms. The van der Waals surface area contributed by atoms with Gasteiger partial charge in [-0.15, -0.1) is 0 Å². The third-order valence-corrected chi connectivity index (χ3v) is 4.55. The number of ketones is 1. The Kier molecular flexibility index (Phi) is 6.63. The highest BCUT2D eigenvalue weighted by Crippen LogP contribution is 2.31. The third kappa shape index (κ3) is 5.02. The highest BCUT2D eigenvalue weighted by atomic mass is 16.5. The molecule has 0 aromatic heterocycles. The lowest BCUT2D eigenvalue weighted by Gasteiger charge is -2.12. The molecule has 0 spiro atoms. The summed E-state index contributed by atoms with van der Waals surface area (Å²) in [5.41, 5.74) is 2.63. The molecule has 3 aromatic carbocycles. The number of hydrogen-bond acceptors (Lipinski definition) is 4. The molecule has 0 unspecified atom stereocenters. The van der Waals surface area contributed by atoms with E-state index in [4.69, 9.17) is 9.47 Å². The van der Waals surface area contributed by atoms with Crippen molar-refractivity contribution >= 4 is 17.4 Å². The van der Waals surface area contributed by atoms with Gasteiger partial charge in [-0.2, -0.15) is 0 Å². The molecule has 0 aliphatic carbocycles. The van der Waals surface area contributed by atoms with Crippen molar-refractivity contribution in [1.29, 1.82) is 0 Å². The van der Waals surface area contributed by atoms with E-state index in [0.29, 0.717) is 34.7 Å². The Labute approximate surface area is 170 Å². The van der Waals surface area contributed by atoms with Crippen LogP contribution in [0.3, 0.4) is 0 Å². The van der Waals surface area contributed by atoms with Gasteiger partial charge in [-0.25, -0.2) is 0 Å². The van der Waals surface area contributed by atoms with Gasteiger partial charge in [0.05, 0.1) is 14.2 Å². The fourth-order valence-electron chi connectivity index (χ4n) is 3.12. The van der Waals surface area contributed by atoms with Crippen LogP contribution in [-0.2, 0) is 11.2 Å². The summed E-state index contributed by atoms with van der Waals surface area (Å²) in [5.74, 6) is 1.05. The van der Waals surface area contributed by atoms with Gasteiger partial charge >= 0.3 is 0 Å². The van der Waals surface area contributed by atoms with Crippen molar-refractivity contribution in [3.05, 3.63) is 89.5 Å². The lowest BCUT2D eigenvalue weighted by Crippen LogP contribution is -2.13. The molecule has 0 heterocycles. The molecule has 5 nitrogen and oxygen atoms in total. The lowest BCUT2D eigenvalue weighted by molar-refractivity contribution is -0.116. The molecule has 3 aromatic rings. The third-order valence-electron chi connectivity index (χ3n) is 4.55. The van der Waals surface area contributed by atoms with E-state index < -0.39 is 0 Å². The number of methoxy groups -OCH3 is 2. The molecule has 0 aliphatic rings. The predicted molar refractivity (Wildman–Crippen MR) is 113 cm³/mol. The number of aryl methyl sites for hydroxylation is 1. The van der Waals surface area contributed by atoms with Crippen molar-refractivity contribution in [2.24, 2.45) is 0 Å². The molecule has 148 valence electrons. The standard InChI is InChI=1S/C24H23NO4/c1-28-21-13-7-10-18(24(21)29-2)14-15-22(26)25-20-12-6-11-19(16-20)23(27)17-8-4-3-5-9-17/h3-13,16H,14-15H2,1-2H3,(H,25,26). The second-order valence-corrected chi connectivity index (χ2v) is 6.48. The second-order valence-electron chi connectivity index (χ2n) is 6.48. The van der Waals surface area contributed by atoms with Gasteiger partial charge in [-0.05, 0) is 30.2 Å². The number of anilines is 1. The average Bonchev–Trinajstić information content (AvgIpc) is 2.77. The Morgan fingerprint density at radius 3 is 2.28 bits per heavy atom. The molecule has 1 amide bonds. The van der Waals surface area contributed by atoms with Crippen molar-refractivity contribution in [1.82, 2.24) is 0 Å². The number of para-hydroxylation sites is 1. The number of amides is 1. The molecule has 5 heteroatoms. The zero-order chi connectivity index (χ0) is 20.6. The molecule has 0 fully saturated rings. The van der Waals surface area contributed by atoms with E-state index in [2.05, 4.69) is 5.32 Å². The van der Waals surface area contributed by atoms with E-state index in [1.54, 1.807) is 50.6 Å². The van der Waals surface area contributed by atoms with Crippen LogP contribution in [0.15, 0.2) is 72.8 Å². The SMILES string of the molecule is COc1cccc(CCC(=O)Nc2cccc(C(=O)c3ccccc3)c2)c1OC. The van der Waals surface area contributed by atoms with Crippen molar-refractivity contribution in [3.8, 4) is 11.5 Å². The van der Waals surface area contributed by atoms with Gasteiger partial charge < -0.3 is 14.8 Å². The maximum absolute atomic E-state index is 12.6. The normalized spacial score (nSPS) is 10.3. The molecule has 29 heavy (non-hydrogen) atoms. The van der Waals surface area contributed by atoms with E-state index in [-0.39, 0.29) is 18.1 Å². The summed E-state index contributed by atoms with van der Waals surface area (Å²) in [6.45, 7) is 0. The van der Waals surface area contributed by atoms with Gasteiger partial charge in [0.2, 0.25) is 5.91 Å². The van der Waals surface area contributed by atoms with Gasteiger partial charge in [0.25, 0.3) is 0 Å². The largest absolute Gasteiger partial charge is 0.493 e. The Morgan fingerprint density at radius 2 is 1.55 bits per heavy atom. The molecular formula is C24H23NO4. The minimum Gasteiger partial charge on any atom is -0.493 e. The van der Waals surface area contributed by atoms with E-state index >= 15 is 0 Å². The summed E-state index contributed by atoms with van der Waals surface area (Å²) < 4.78 is 10.7. The first-order valence-electron chi connectivity index (χ1n) is 9.32. The summed E-state index contributed by atoms with van der Waals surface area (Å²) >= 11 is 0.